The van der Waals surface area contributed by atoms with Crippen LogP contribution in [0.2, 0.25) is 0 Å². The largest absolute Gasteiger partial charge is 0.345 e. The van der Waals surface area contributed by atoms with Crippen LogP contribution in [-0.4, -0.2) is 28.9 Å². The summed E-state index contributed by atoms with van der Waals surface area (Å²) in [4.78, 5) is 38.8. The van der Waals surface area contributed by atoms with Crippen LogP contribution in [0.1, 0.15) is 93.1 Å². The van der Waals surface area contributed by atoms with Crippen LogP contribution >= 0.6 is 0 Å². The van der Waals surface area contributed by atoms with Gasteiger partial charge < -0.3 is 4.84 Å². The van der Waals surface area contributed by atoms with Crippen LogP contribution in [-0.2, 0) is 28.9 Å². The number of hydroxylamine groups is 1. The first-order chi connectivity index (χ1) is 23.3. The van der Waals surface area contributed by atoms with Gasteiger partial charge in [-0.3, -0.25) is 19.1 Å². The Morgan fingerprint density at radius 3 is 2.27 bits per heavy atom. The minimum atomic E-state index is -0.0102. The maximum Gasteiger partial charge on any atom is 0.320 e. The molecule has 3 aromatic carbocycles. The lowest BCUT2D eigenvalue weighted by Gasteiger charge is -2.23. The maximum atomic E-state index is 14.1. The third kappa shape index (κ3) is 9.18. The number of nitrogens with one attached hydrogen (secondary N) is 1. The fourth-order valence-corrected chi connectivity index (χ4v) is 6.30. The summed E-state index contributed by atoms with van der Waals surface area (Å²) >= 11 is 0. The highest BCUT2D eigenvalue weighted by Gasteiger charge is 2.19. The molecule has 0 spiro atoms. The van der Waals surface area contributed by atoms with Gasteiger partial charge in [0.05, 0.1) is 11.4 Å². The van der Waals surface area contributed by atoms with E-state index in [1.165, 1.54) is 30.4 Å². The first-order valence-corrected chi connectivity index (χ1v) is 17.2. The van der Waals surface area contributed by atoms with Gasteiger partial charge in [0.15, 0.2) is 5.84 Å². The van der Waals surface area contributed by atoms with Gasteiger partial charge in [-0.25, -0.2) is 10.5 Å². The number of rotatable bonds is 11. The summed E-state index contributed by atoms with van der Waals surface area (Å²) in [5, 5.41) is 0. The van der Waals surface area contributed by atoms with E-state index >= 15 is 0 Å². The zero-order chi connectivity index (χ0) is 34.5. The number of carbonyl (C=O) groups is 1. The van der Waals surface area contributed by atoms with Crippen LogP contribution < -0.4 is 11.0 Å². The molecule has 0 radical (unpaired) electrons. The number of carbonyl (C=O) groups excluding carboxylic acids is 1. The van der Waals surface area contributed by atoms with Crippen LogP contribution in [0.5, 0.6) is 0 Å². The Morgan fingerprint density at radius 2 is 1.65 bits per heavy atom. The van der Waals surface area contributed by atoms with Crippen molar-refractivity contribution in [3.05, 3.63) is 129 Å². The average molecular weight is 647 g/mol. The third-order valence-corrected chi connectivity index (χ3v) is 8.70. The van der Waals surface area contributed by atoms with Crippen molar-refractivity contribution in [3.8, 4) is 16.8 Å². The van der Waals surface area contributed by atoms with Crippen LogP contribution in [0.25, 0.3) is 16.8 Å². The molecule has 1 heterocycles. The third-order valence-electron chi connectivity index (χ3n) is 8.70. The standard InChI is InChI=1S/C38H42N4O3.C3H8/c1-5-8-36-35(24-30-15-19-31(20-16-30)33-9-6-7-10-34(33)37(39-4)41-45-25-43)38(44)42(27(3)40-36)32-21-17-29(18-22-32)23-28-13-11-26(2)12-14-28;1-3-2/h6-7,9-10,15-22,25,28H,2,5,8,11-14,23-24H2,1,3-4H3,(H,39,41);3H2,1-2H3. The second-order valence-electron chi connectivity index (χ2n) is 12.6. The molecule has 5 rings (SSSR count). The van der Waals surface area contributed by atoms with E-state index in [2.05, 4.69) is 74.2 Å². The summed E-state index contributed by atoms with van der Waals surface area (Å²) in [6.07, 6.45) is 9.15. The quantitative estimate of drug-likeness (QED) is 0.0581. The molecular weight excluding hydrogens is 596 g/mol. The van der Waals surface area contributed by atoms with E-state index < -0.39 is 0 Å². The molecule has 0 atom stereocenters. The monoisotopic (exact) mass is 646 g/mol. The summed E-state index contributed by atoms with van der Waals surface area (Å²) in [5.74, 6) is 1.85. The minimum absolute atomic E-state index is 0.0102. The number of benzene rings is 3. The predicted octanol–water partition coefficient (Wildman–Crippen LogP) is 8.51. The highest BCUT2D eigenvalue weighted by Crippen LogP contribution is 2.30. The number of amidine groups is 1. The second kappa shape index (κ2) is 17.9. The molecular formula is C41H50N4O3. The highest BCUT2D eigenvalue weighted by atomic mass is 16.7. The van der Waals surface area contributed by atoms with E-state index in [0.717, 1.165) is 71.3 Å². The molecule has 1 aromatic heterocycles. The number of aromatic nitrogens is 2. The number of hydrogen-bond donors (Lipinski definition) is 1. The maximum absolute atomic E-state index is 14.1. The SMILES string of the molecule is C=C1CCC(Cc2ccc(-n3c(C)nc(CCC)c(Cc4ccc(-c5ccccc5C(=NC)NOC=O)cc4)c3=O)cc2)CC1.CCC. The molecule has 0 amide bonds. The first-order valence-electron chi connectivity index (χ1n) is 17.2. The lowest BCUT2D eigenvalue weighted by molar-refractivity contribution is -0.132. The molecule has 7 nitrogen and oxygen atoms in total. The molecule has 4 aromatic rings. The van der Waals surface area contributed by atoms with Crippen molar-refractivity contribution >= 4 is 12.3 Å². The average Bonchev–Trinajstić information content (AvgIpc) is 3.09. The Hall–Kier alpha value is -4.78. The molecule has 1 N–H and O–H groups in total. The summed E-state index contributed by atoms with van der Waals surface area (Å²) < 4.78 is 1.76. The molecule has 0 saturated heterocycles. The van der Waals surface area contributed by atoms with E-state index in [1.54, 1.807) is 11.6 Å². The minimum Gasteiger partial charge on any atom is -0.345 e. The van der Waals surface area contributed by atoms with Crippen molar-refractivity contribution in [2.45, 2.75) is 85.5 Å². The Kier molecular flexibility index (Phi) is 13.5. The molecule has 1 aliphatic rings. The lowest BCUT2D eigenvalue weighted by Crippen LogP contribution is -2.28. The number of allylic oxidation sites excluding steroid dienone is 1. The Morgan fingerprint density at radius 1 is 1.00 bits per heavy atom. The lowest BCUT2D eigenvalue weighted by atomic mass is 9.83. The van der Waals surface area contributed by atoms with Gasteiger partial charge in [-0.1, -0.05) is 106 Å². The molecule has 0 bridgehead atoms. The summed E-state index contributed by atoms with van der Waals surface area (Å²) in [6, 6.07) is 24.4. The summed E-state index contributed by atoms with van der Waals surface area (Å²) in [5.41, 5.74) is 11.5. The number of aliphatic imine (C=N–C) groups is 1. The van der Waals surface area contributed by atoms with Gasteiger partial charge in [0.25, 0.3) is 5.56 Å². The van der Waals surface area contributed by atoms with Gasteiger partial charge in [-0.15, -0.1) is 0 Å². The Bertz CT molecular complexity index is 1740. The van der Waals surface area contributed by atoms with E-state index in [4.69, 9.17) is 9.82 Å². The van der Waals surface area contributed by atoms with E-state index in [1.807, 2.05) is 43.3 Å². The van der Waals surface area contributed by atoms with E-state index in [-0.39, 0.29) is 5.56 Å². The first kappa shape index (κ1) is 36.1. The highest BCUT2D eigenvalue weighted by molar-refractivity contribution is 6.04. The van der Waals surface area contributed by atoms with Crippen LogP contribution in [0.15, 0.2) is 94.7 Å². The second-order valence-corrected chi connectivity index (χ2v) is 12.6. The number of hydrogen-bond acceptors (Lipinski definition) is 5. The molecule has 1 aliphatic carbocycles. The fourth-order valence-electron chi connectivity index (χ4n) is 6.30. The van der Waals surface area contributed by atoms with E-state index in [9.17, 15) is 9.59 Å². The molecule has 0 unspecified atom stereocenters. The van der Waals surface area contributed by atoms with Gasteiger partial charge in [0, 0.05) is 24.6 Å². The zero-order valence-corrected chi connectivity index (χ0v) is 29.2. The van der Waals surface area contributed by atoms with Gasteiger partial charge >= 0.3 is 6.47 Å². The van der Waals surface area contributed by atoms with Gasteiger partial charge in [-0.05, 0) is 85.8 Å². The normalized spacial score (nSPS) is 13.4. The smallest absolute Gasteiger partial charge is 0.320 e. The predicted molar refractivity (Wildman–Crippen MR) is 197 cm³/mol. The zero-order valence-electron chi connectivity index (χ0n) is 29.2. The molecule has 48 heavy (non-hydrogen) atoms. The molecule has 1 fully saturated rings. The van der Waals surface area contributed by atoms with Gasteiger partial charge in [0.1, 0.15) is 5.82 Å². The van der Waals surface area contributed by atoms with Crippen molar-refractivity contribution in [1.29, 1.82) is 0 Å². The summed E-state index contributed by atoms with van der Waals surface area (Å²) in [6.45, 7) is 12.8. The van der Waals surface area contributed by atoms with E-state index in [0.29, 0.717) is 30.5 Å². The van der Waals surface area contributed by atoms with Gasteiger partial charge in [0.2, 0.25) is 0 Å². The number of nitrogens with zero attached hydrogens (tertiary/aromatic N) is 3. The van der Waals surface area contributed by atoms with Crippen LogP contribution in [0.3, 0.4) is 0 Å². The number of aryl methyl sites for hydroxylation is 2. The Balaban J connectivity index is 0.00000167. The van der Waals surface area contributed by atoms with Crippen LogP contribution in [0.4, 0.5) is 0 Å². The van der Waals surface area contributed by atoms with Crippen molar-refractivity contribution in [2.24, 2.45) is 10.9 Å². The van der Waals surface area contributed by atoms with Crippen LogP contribution in [0, 0.1) is 12.8 Å². The summed E-state index contributed by atoms with van der Waals surface area (Å²) in [7, 11) is 1.64. The van der Waals surface area contributed by atoms with Crippen molar-refractivity contribution in [1.82, 2.24) is 15.0 Å². The molecule has 7 heteroatoms. The van der Waals surface area contributed by atoms with Crippen molar-refractivity contribution in [3.63, 3.8) is 0 Å². The molecule has 1 saturated carbocycles. The van der Waals surface area contributed by atoms with Gasteiger partial charge in [-0.2, -0.15) is 0 Å². The molecule has 0 aliphatic heterocycles. The van der Waals surface area contributed by atoms with Crippen molar-refractivity contribution < 1.29 is 9.63 Å². The Labute approximate surface area is 285 Å². The molecule has 252 valence electrons. The van der Waals surface area contributed by atoms with Crippen molar-refractivity contribution in [2.75, 3.05) is 7.05 Å². The fraction of sp³-hybridized carbons (Fsp3) is 0.366. The topological polar surface area (TPSA) is 85.6 Å².